The van der Waals surface area contributed by atoms with E-state index >= 15 is 0 Å². The van der Waals surface area contributed by atoms with E-state index in [9.17, 15) is 9.18 Å². The highest BCUT2D eigenvalue weighted by Crippen LogP contribution is 2.18. The van der Waals surface area contributed by atoms with Crippen LogP contribution in [0.4, 0.5) is 4.39 Å². The van der Waals surface area contributed by atoms with Crippen LogP contribution in [0.2, 0.25) is 0 Å². The zero-order chi connectivity index (χ0) is 14.0. The van der Waals surface area contributed by atoms with Gasteiger partial charge in [-0.2, -0.15) is 5.10 Å². The average molecular weight is 264 g/mol. The lowest BCUT2D eigenvalue weighted by Gasteiger charge is -2.08. The molecule has 0 aliphatic carbocycles. The molecule has 0 aliphatic rings. The molecule has 100 valence electrons. The van der Waals surface area contributed by atoms with E-state index in [-0.39, 0.29) is 18.0 Å². The van der Waals surface area contributed by atoms with Crippen molar-refractivity contribution >= 4 is 5.97 Å². The van der Waals surface area contributed by atoms with Crippen LogP contribution in [0.15, 0.2) is 24.4 Å². The Bertz CT molecular complexity index is 622. The van der Waals surface area contributed by atoms with Crippen molar-refractivity contribution in [1.82, 2.24) is 9.78 Å². The van der Waals surface area contributed by atoms with E-state index in [1.807, 2.05) is 0 Å². The van der Waals surface area contributed by atoms with E-state index in [0.29, 0.717) is 17.0 Å². The second-order valence-electron chi connectivity index (χ2n) is 4.13. The van der Waals surface area contributed by atoms with Crippen LogP contribution in [0, 0.1) is 12.7 Å². The summed E-state index contributed by atoms with van der Waals surface area (Å²) in [6.45, 7) is 1.69. The number of aromatic carboxylic acids is 1. The molecule has 1 heterocycles. The number of hydrogen-bond donors (Lipinski definition) is 1. The standard InChI is InChI=1S/C13H13FN2O3/c1-8-5-9(3-4-11(8)14)19-7-12-10(13(17)18)6-15-16(12)2/h3-6H,7H2,1-2H3,(H,17,18). The van der Waals surface area contributed by atoms with Crippen molar-refractivity contribution in [1.29, 1.82) is 0 Å². The normalized spacial score (nSPS) is 10.5. The van der Waals surface area contributed by atoms with Crippen LogP contribution >= 0.6 is 0 Å². The van der Waals surface area contributed by atoms with Gasteiger partial charge in [-0.1, -0.05) is 0 Å². The van der Waals surface area contributed by atoms with Gasteiger partial charge in [-0.3, -0.25) is 4.68 Å². The Labute approximate surface area is 109 Å². The summed E-state index contributed by atoms with van der Waals surface area (Å²) in [6, 6.07) is 4.37. The van der Waals surface area contributed by atoms with Crippen LogP contribution in [0.1, 0.15) is 21.6 Å². The van der Waals surface area contributed by atoms with Crippen molar-refractivity contribution in [2.75, 3.05) is 0 Å². The van der Waals surface area contributed by atoms with E-state index in [1.54, 1.807) is 20.0 Å². The van der Waals surface area contributed by atoms with Crippen LogP contribution in [0.25, 0.3) is 0 Å². The molecule has 6 heteroatoms. The first-order chi connectivity index (χ1) is 8.99. The average Bonchev–Trinajstić information content (AvgIpc) is 2.72. The number of benzene rings is 1. The Kier molecular flexibility index (Phi) is 3.50. The molecule has 0 unspecified atom stereocenters. The minimum Gasteiger partial charge on any atom is -0.487 e. The van der Waals surface area contributed by atoms with Gasteiger partial charge in [0.2, 0.25) is 0 Å². The molecule has 5 nitrogen and oxygen atoms in total. The fourth-order valence-electron chi connectivity index (χ4n) is 1.67. The summed E-state index contributed by atoms with van der Waals surface area (Å²) >= 11 is 0. The highest BCUT2D eigenvalue weighted by atomic mass is 19.1. The van der Waals surface area contributed by atoms with E-state index in [4.69, 9.17) is 9.84 Å². The molecule has 0 saturated heterocycles. The minimum absolute atomic E-state index is 0.0587. The Hall–Kier alpha value is -2.37. The highest BCUT2D eigenvalue weighted by molar-refractivity contribution is 5.88. The van der Waals surface area contributed by atoms with Crippen LogP contribution in [-0.4, -0.2) is 20.9 Å². The predicted molar refractivity (Wildman–Crippen MR) is 65.6 cm³/mol. The summed E-state index contributed by atoms with van der Waals surface area (Å²) in [7, 11) is 1.64. The van der Waals surface area contributed by atoms with E-state index in [2.05, 4.69) is 5.10 Å². The molecular formula is C13H13FN2O3. The van der Waals surface area contributed by atoms with Crippen molar-refractivity contribution in [2.24, 2.45) is 7.05 Å². The van der Waals surface area contributed by atoms with Gasteiger partial charge >= 0.3 is 5.97 Å². The molecule has 0 amide bonds. The fourth-order valence-corrected chi connectivity index (χ4v) is 1.67. The van der Waals surface area contributed by atoms with Crippen molar-refractivity contribution in [3.8, 4) is 5.75 Å². The van der Waals surface area contributed by atoms with E-state index in [1.165, 1.54) is 23.0 Å². The van der Waals surface area contributed by atoms with Crippen molar-refractivity contribution in [3.63, 3.8) is 0 Å². The lowest BCUT2D eigenvalue weighted by atomic mass is 10.2. The molecule has 0 aliphatic heterocycles. The maximum atomic E-state index is 13.1. The van der Waals surface area contributed by atoms with Crippen LogP contribution < -0.4 is 4.74 Å². The van der Waals surface area contributed by atoms with Gasteiger partial charge in [0.15, 0.2) is 0 Å². The van der Waals surface area contributed by atoms with Crippen LogP contribution in [0.5, 0.6) is 5.75 Å². The molecule has 0 spiro atoms. The first-order valence-electron chi connectivity index (χ1n) is 5.62. The third-order valence-corrected chi connectivity index (χ3v) is 2.80. The summed E-state index contributed by atoms with van der Waals surface area (Å²) in [5.41, 5.74) is 1.02. The second kappa shape index (κ2) is 5.09. The van der Waals surface area contributed by atoms with Gasteiger partial charge in [0.05, 0.1) is 11.9 Å². The second-order valence-corrected chi connectivity index (χ2v) is 4.13. The van der Waals surface area contributed by atoms with Gasteiger partial charge in [-0.25, -0.2) is 9.18 Å². The number of halogens is 1. The van der Waals surface area contributed by atoms with Crippen LogP contribution in [-0.2, 0) is 13.7 Å². The van der Waals surface area contributed by atoms with Crippen molar-refractivity contribution in [2.45, 2.75) is 13.5 Å². The molecule has 1 aromatic carbocycles. The monoisotopic (exact) mass is 264 g/mol. The van der Waals surface area contributed by atoms with Gasteiger partial charge in [0, 0.05) is 7.05 Å². The number of ether oxygens (including phenoxy) is 1. The molecule has 0 radical (unpaired) electrons. The van der Waals surface area contributed by atoms with Crippen LogP contribution in [0.3, 0.4) is 0 Å². The molecule has 19 heavy (non-hydrogen) atoms. The number of hydrogen-bond acceptors (Lipinski definition) is 3. The Morgan fingerprint density at radius 3 is 2.89 bits per heavy atom. The SMILES string of the molecule is Cc1cc(OCc2c(C(=O)O)cnn2C)ccc1F. The minimum atomic E-state index is -1.05. The number of aromatic nitrogens is 2. The number of carbonyl (C=O) groups is 1. The molecule has 2 aromatic rings. The highest BCUT2D eigenvalue weighted by Gasteiger charge is 2.15. The first-order valence-corrected chi connectivity index (χ1v) is 5.62. The molecule has 0 saturated carbocycles. The molecule has 1 N–H and O–H groups in total. The zero-order valence-corrected chi connectivity index (χ0v) is 10.6. The predicted octanol–water partition coefficient (Wildman–Crippen LogP) is 2.14. The molecule has 0 bridgehead atoms. The Balaban J connectivity index is 2.16. The molecule has 0 atom stereocenters. The van der Waals surface area contributed by atoms with Crippen molar-refractivity contribution in [3.05, 3.63) is 47.0 Å². The van der Waals surface area contributed by atoms with Gasteiger partial charge in [0.25, 0.3) is 0 Å². The Morgan fingerprint density at radius 2 is 2.26 bits per heavy atom. The molecule has 0 fully saturated rings. The number of nitrogens with zero attached hydrogens (tertiary/aromatic N) is 2. The summed E-state index contributed by atoms with van der Waals surface area (Å²) in [4.78, 5) is 11.0. The quantitative estimate of drug-likeness (QED) is 0.919. The van der Waals surface area contributed by atoms with Gasteiger partial charge in [-0.15, -0.1) is 0 Å². The van der Waals surface area contributed by atoms with Gasteiger partial charge in [0.1, 0.15) is 23.7 Å². The summed E-state index contributed by atoms with van der Waals surface area (Å²) < 4.78 is 20.0. The topological polar surface area (TPSA) is 64.3 Å². The Morgan fingerprint density at radius 1 is 1.53 bits per heavy atom. The van der Waals surface area contributed by atoms with Crippen molar-refractivity contribution < 1.29 is 19.0 Å². The smallest absolute Gasteiger partial charge is 0.339 e. The molecular weight excluding hydrogens is 251 g/mol. The summed E-state index contributed by atoms with van der Waals surface area (Å²) in [5, 5.41) is 12.9. The number of carboxylic acids is 1. The third-order valence-electron chi connectivity index (χ3n) is 2.80. The third kappa shape index (κ3) is 2.73. The number of carboxylic acid groups (broad SMARTS) is 1. The maximum Gasteiger partial charge on any atom is 0.339 e. The lowest BCUT2D eigenvalue weighted by molar-refractivity contribution is 0.0693. The largest absolute Gasteiger partial charge is 0.487 e. The lowest BCUT2D eigenvalue weighted by Crippen LogP contribution is -2.08. The first kappa shape index (κ1) is 13.1. The fraction of sp³-hybridized carbons (Fsp3) is 0.231. The molecule has 1 aromatic heterocycles. The molecule has 2 rings (SSSR count). The zero-order valence-electron chi connectivity index (χ0n) is 10.6. The summed E-state index contributed by atoms with van der Waals surface area (Å²) in [6.07, 6.45) is 1.27. The van der Waals surface area contributed by atoms with E-state index in [0.717, 1.165) is 0 Å². The summed E-state index contributed by atoms with van der Waals surface area (Å²) in [5.74, 6) is -0.877. The maximum absolute atomic E-state index is 13.1. The number of rotatable bonds is 4. The number of aryl methyl sites for hydroxylation is 2. The van der Waals surface area contributed by atoms with Gasteiger partial charge < -0.3 is 9.84 Å². The van der Waals surface area contributed by atoms with E-state index < -0.39 is 5.97 Å². The van der Waals surface area contributed by atoms with Gasteiger partial charge in [-0.05, 0) is 30.7 Å².